The summed E-state index contributed by atoms with van der Waals surface area (Å²) < 4.78 is 0. The summed E-state index contributed by atoms with van der Waals surface area (Å²) in [5.74, 6) is -0.0955. The van der Waals surface area contributed by atoms with Gasteiger partial charge in [-0.25, -0.2) is 4.98 Å². The van der Waals surface area contributed by atoms with Gasteiger partial charge in [0.2, 0.25) is 0 Å². The maximum atomic E-state index is 11.7. The second-order valence-electron chi connectivity index (χ2n) is 3.93. The predicted molar refractivity (Wildman–Crippen MR) is 65.6 cm³/mol. The van der Waals surface area contributed by atoms with Gasteiger partial charge in [0.25, 0.3) is 5.91 Å². The SMILES string of the molecule is Cl.Nc1ccc(C(=O)NC2CCCC2)nc1. The van der Waals surface area contributed by atoms with E-state index in [0.717, 1.165) is 12.8 Å². The van der Waals surface area contributed by atoms with Crippen molar-refractivity contribution in [1.82, 2.24) is 10.3 Å². The zero-order chi connectivity index (χ0) is 10.7. The molecule has 1 aliphatic rings. The number of hydrogen-bond donors (Lipinski definition) is 2. The quantitative estimate of drug-likeness (QED) is 0.829. The number of nitrogens with two attached hydrogens (primary N) is 1. The normalized spacial score (nSPS) is 15.5. The van der Waals surface area contributed by atoms with Crippen LogP contribution < -0.4 is 11.1 Å². The molecule has 0 unspecified atom stereocenters. The van der Waals surface area contributed by atoms with Gasteiger partial charge in [0, 0.05) is 6.04 Å². The third kappa shape index (κ3) is 3.10. The average molecular weight is 242 g/mol. The molecule has 0 spiro atoms. The summed E-state index contributed by atoms with van der Waals surface area (Å²) in [5.41, 5.74) is 6.51. The summed E-state index contributed by atoms with van der Waals surface area (Å²) in [7, 11) is 0. The molecule has 1 fully saturated rings. The molecule has 0 saturated heterocycles. The van der Waals surface area contributed by atoms with Crippen LogP contribution in [0.3, 0.4) is 0 Å². The van der Waals surface area contributed by atoms with Crippen LogP contribution >= 0.6 is 12.4 Å². The van der Waals surface area contributed by atoms with Crippen LogP contribution in [-0.4, -0.2) is 16.9 Å². The van der Waals surface area contributed by atoms with Gasteiger partial charge < -0.3 is 11.1 Å². The number of carbonyl (C=O) groups excluding carboxylic acids is 1. The van der Waals surface area contributed by atoms with Crippen molar-refractivity contribution in [1.29, 1.82) is 0 Å². The number of nitrogen functional groups attached to an aromatic ring is 1. The Hall–Kier alpha value is -1.29. The van der Waals surface area contributed by atoms with Gasteiger partial charge in [-0.3, -0.25) is 4.79 Å². The summed E-state index contributed by atoms with van der Waals surface area (Å²) >= 11 is 0. The van der Waals surface area contributed by atoms with Crippen molar-refractivity contribution in [2.24, 2.45) is 0 Å². The number of nitrogens with zero attached hydrogens (tertiary/aromatic N) is 1. The number of hydrogen-bond acceptors (Lipinski definition) is 3. The fraction of sp³-hybridized carbons (Fsp3) is 0.455. The Kier molecular flexibility index (Phi) is 4.55. The molecule has 1 amide bonds. The monoisotopic (exact) mass is 241 g/mol. The summed E-state index contributed by atoms with van der Waals surface area (Å²) in [6.07, 6.45) is 6.09. The lowest BCUT2D eigenvalue weighted by Gasteiger charge is -2.10. The highest BCUT2D eigenvalue weighted by Gasteiger charge is 2.18. The molecule has 0 radical (unpaired) electrons. The van der Waals surface area contributed by atoms with Crippen molar-refractivity contribution in [2.45, 2.75) is 31.7 Å². The van der Waals surface area contributed by atoms with Crippen molar-refractivity contribution in [3.05, 3.63) is 24.0 Å². The molecule has 1 saturated carbocycles. The summed E-state index contributed by atoms with van der Waals surface area (Å²) in [6.45, 7) is 0. The number of anilines is 1. The molecule has 0 bridgehead atoms. The number of amides is 1. The maximum Gasteiger partial charge on any atom is 0.270 e. The molecule has 88 valence electrons. The van der Waals surface area contributed by atoms with Crippen LogP contribution in [0, 0.1) is 0 Å². The molecule has 16 heavy (non-hydrogen) atoms. The van der Waals surface area contributed by atoms with Gasteiger partial charge in [0.05, 0.1) is 11.9 Å². The Bertz CT molecular complexity index is 347. The van der Waals surface area contributed by atoms with E-state index in [-0.39, 0.29) is 18.3 Å². The Balaban J connectivity index is 0.00000128. The van der Waals surface area contributed by atoms with Gasteiger partial charge in [-0.1, -0.05) is 12.8 Å². The van der Waals surface area contributed by atoms with E-state index in [4.69, 9.17) is 5.73 Å². The zero-order valence-electron chi connectivity index (χ0n) is 8.98. The number of nitrogens with one attached hydrogen (secondary N) is 1. The Morgan fingerprint density at radius 3 is 2.62 bits per heavy atom. The van der Waals surface area contributed by atoms with E-state index in [2.05, 4.69) is 10.3 Å². The maximum absolute atomic E-state index is 11.7. The highest BCUT2D eigenvalue weighted by Crippen LogP contribution is 2.17. The molecule has 2 rings (SSSR count). The first kappa shape index (κ1) is 12.8. The summed E-state index contributed by atoms with van der Waals surface area (Å²) in [5, 5.41) is 2.97. The fourth-order valence-corrected chi connectivity index (χ4v) is 1.87. The van der Waals surface area contributed by atoms with Gasteiger partial charge >= 0.3 is 0 Å². The Morgan fingerprint density at radius 2 is 2.06 bits per heavy atom. The molecule has 5 heteroatoms. The summed E-state index contributed by atoms with van der Waals surface area (Å²) in [4.78, 5) is 15.7. The van der Waals surface area contributed by atoms with Crippen molar-refractivity contribution in [2.75, 3.05) is 5.73 Å². The summed E-state index contributed by atoms with van der Waals surface area (Å²) in [6, 6.07) is 3.67. The highest BCUT2D eigenvalue weighted by atomic mass is 35.5. The lowest BCUT2D eigenvalue weighted by atomic mass is 10.2. The van der Waals surface area contributed by atoms with Crippen LogP contribution in [0.5, 0.6) is 0 Å². The lowest BCUT2D eigenvalue weighted by molar-refractivity contribution is 0.0933. The van der Waals surface area contributed by atoms with Gasteiger partial charge in [0.15, 0.2) is 0 Å². The molecular formula is C11H16ClN3O. The molecule has 0 aliphatic heterocycles. The molecule has 1 aliphatic carbocycles. The molecule has 1 heterocycles. The second kappa shape index (κ2) is 5.70. The molecule has 1 aromatic heterocycles. The van der Waals surface area contributed by atoms with Crippen LogP contribution in [0.25, 0.3) is 0 Å². The van der Waals surface area contributed by atoms with Crippen molar-refractivity contribution in [3.8, 4) is 0 Å². The van der Waals surface area contributed by atoms with E-state index in [1.807, 2.05) is 0 Å². The van der Waals surface area contributed by atoms with Crippen molar-refractivity contribution >= 4 is 24.0 Å². The molecule has 0 atom stereocenters. The minimum Gasteiger partial charge on any atom is -0.397 e. The van der Waals surface area contributed by atoms with E-state index in [1.54, 1.807) is 12.1 Å². The number of carbonyl (C=O) groups is 1. The third-order valence-electron chi connectivity index (χ3n) is 2.71. The molecular weight excluding hydrogens is 226 g/mol. The molecule has 0 aromatic carbocycles. The van der Waals surface area contributed by atoms with E-state index in [0.29, 0.717) is 17.4 Å². The number of halogens is 1. The Morgan fingerprint density at radius 1 is 1.38 bits per heavy atom. The van der Waals surface area contributed by atoms with Crippen LogP contribution in [-0.2, 0) is 0 Å². The lowest BCUT2D eigenvalue weighted by Crippen LogP contribution is -2.33. The van der Waals surface area contributed by atoms with E-state index in [9.17, 15) is 4.79 Å². The van der Waals surface area contributed by atoms with Gasteiger partial charge in [-0.2, -0.15) is 0 Å². The second-order valence-corrected chi connectivity index (χ2v) is 3.93. The van der Waals surface area contributed by atoms with Crippen LogP contribution in [0.1, 0.15) is 36.2 Å². The van der Waals surface area contributed by atoms with Gasteiger partial charge in [-0.15, -0.1) is 12.4 Å². The highest BCUT2D eigenvalue weighted by molar-refractivity contribution is 5.92. The third-order valence-corrected chi connectivity index (χ3v) is 2.71. The topological polar surface area (TPSA) is 68.0 Å². The fourth-order valence-electron chi connectivity index (χ4n) is 1.87. The number of pyridine rings is 1. The number of aromatic nitrogens is 1. The smallest absolute Gasteiger partial charge is 0.270 e. The number of rotatable bonds is 2. The van der Waals surface area contributed by atoms with Crippen molar-refractivity contribution < 1.29 is 4.79 Å². The van der Waals surface area contributed by atoms with Gasteiger partial charge in [0.1, 0.15) is 5.69 Å². The van der Waals surface area contributed by atoms with Gasteiger partial charge in [-0.05, 0) is 25.0 Å². The zero-order valence-corrected chi connectivity index (χ0v) is 9.80. The minimum atomic E-state index is -0.0955. The van der Waals surface area contributed by atoms with Crippen molar-refractivity contribution in [3.63, 3.8) is 0 Å². The van der Waals surface area contributed by atoms with E-state index >= 15 is 0 Å². The van der Waals surface area contributed by atoms with Crippen LogP contribution in [0.2, 0.25) is 0 Å². The predicted octanol–water partition coefficient (Wildman–Crippen LogP) is 1.76. The molecule has 3 N–H and O–H groups in total. The van der Waals surface area contributed by atoms with Crippen LogP contribution in [0.4, 0.5) is 5.69 Å². The molecule has 4 nitrogen and oxygen atoms in total. The first-order valence-corrected chi connectivity index (χ1v) is 5.28. The first-order chi connectivity index (χ1) is 7.25. The largest absolute Gasteiger partial charge is 0.397 e. The van der Waals surface area contributed by atoms with E-state index in [1.165, 1.54) is 19.0 Å². The standard InChI is InChI=1S/C11H15N3O.ClH/c12-8-5-6-10(13-7-8)11(15)14-9-3-1-2-4-9;/h5-7,9H,1-4,12H2,(H,14,15);1H. The minimum absolute atomic E-state index is 0. The average Bonchev–Trinajstić information content (AvgIpc) is 2.71. The molecule has 1 aromatic rings. The van der Waals surface area contributed by atoms with E-state index < -0.39 is 0 Å². The first-order valence-electron chi connectivity index (χ1n) is 5.28. The Labute approximate surface area is 101 Å². The van der Waals surface area contributed by atoms with Crippen LogP contribution in [0.15, 0.2) is 18.3 Å².